The fraction of sp³-hybridized carbons (Fsp3) is 0. The van der Waals surface area contributed by atoms with Crippen molar-refractivity contribution in [2.45, 2.75) is 0 Å². The molecule has 0 N–H and O–H groups in total. The van der Waals surface area contributed by atoms with Crippen molar-refractivity contribution in [2.24, 2.45) is 0 Å². The van der Waals surface area contributed by atoms with Crippen molar-refractivity contribution in [3.8, 4) is 33.4 Å². The Morgan fingerprint density at radius 1 is 0.277 bits per heavy atom. The van der Waals surface area contributed by atoms with Gasteiger partial charge in [-0.25, -0.2) is 0 Å². The van der Waals surface area contributed by atoms with E-state index in [1.807, 2.05) is 11.3 Å². The highest BCUT2D eigenvalue weighted by Crippen LogP contribution is 2.46. The summed E-state index contributed by atoms with van der Waals surface area (Å²) in [6, 6.07) is 62.7. The molecule has 0 aliphatic rings. The van der Waals surface area contributed by atoms with Gasteiger partial charge in [-0.15, -0.1) is 11.3 Å². The summed E-state index contributed by atoms with van der Waals surface area (Å²) in [5.74, 6) is 0. The first-order valence-corrected chi connectivity index (χ1v) is 17.0. The topological polar surface area (TPSA) is 0 Å². The zero-order chi connectivity index (χ0) is 30.9. The van der Waals surface area contributed by atoms with Crippen molar-refractivity contribution in [1.29, 1.82) is 0 Å². The highest BCUT2D eigenvalue weighted by atomic mass is 32.1. The third kappa shape index (κ3) is 4.14. The van der Waals surface area contributed by atoms with Crippen LogP contribution >= 0.6 is 11.3 Å². The molecule has 9 aromatic carbocycles. The van der Waals surface area contributed by atoms with Gasteiger partial charge in [-0.3, -0.25) is 0 Å². The van der Waals surface area contributed by atoms with Gasteiger partial charge in [-0.1, -0.05) is 152 Å². The number of rotatable bonds is 3. The van der Waals surface area contributed by atoms with Gasteiger partial charge in [-0.05, 0) is 94.7 Å². The standard InChI is InChI=1S/C46H28S/c1-2-11-33-27-34(22-19-29(33)9-1)30-17-20-32(21-18-30)44-37-13-5-7-15-39(37)45(40-16-8-6-14-38(40)44)35-24-26-43-42(28-35)41-25-23-31-10-3-4-12-36(31)46(41)47-43/h1-28H. The summed E-state index contributed by atoms with van der Waals surface area (Å²) in [5, 5.41) is 12.9. The van der Waals surface area contributed by atoms with Crippen molar-refractivity contribution < 1.29 is 0 Å². The molecule has 0 saturated carbocycles. The molecule has 0 unspecified atom stereocenters. The Morgan fingerprint density at radius 2 is 0.787 bits per heavy atom. The predicted molar refractivity (Wildman–Crippen MR) is 206 cm³/mol. The minimum absolute atomic E-state index is 1.23. The van der Waals surface area contributed by atoms with Crippen LogP contribution in [0.4, 0.5) is 0 Å². The van der Waals surface area contributed by atoms with Crippen LogP contribution in [-0.2, 0) is 0 Å². The van der Waals surface area contributed by atoms with Gasteiger partial charge in [0, 0.05) is 20.2 Å². The fourth-order valence-corrected chi connectivity index (χ4v) is 8.83. The summed E-state index contributed by atoms with van der Waals surface area (Å²) < 4.78 is 2.70. The molecule has 0 saturated heterocycles. The average molecular weight is 613 g/mol. The number of hydrogen-bond acceptors (Lipinski definition) is 1. The molecule has 0 atom stereocenters. The van der Waals surface area contributed by atoms with E-state index in [2.05, 4.69) is 170 Å². The lowest BCUT2D eigenvalue weighted by atomic mass is 9.85. The van der Waals surface area contributed by atoms with Crippen LogP contribution in [0, 0.1) is 0 Å². The Bertz CT molecular complexity index is 2780. The van der Waals surface area contributed by atoms with E-state index >= 15 is 0 Å². The van der Waals surface area contributed by atoms with Crippen molar-refractivity contribution in [3.63, 3.8) is 0 Å². The third-order valence-electron chi connectivity index (χ3n) is 9.84. The molecule has 1 heteroatoms. The third-order valence-corrected chi connectivity index (χ3v) is 11.1. The molecule has 0 bridgehead atoms. The molecule has 218 valence electrons. The summed E-state index contributed by atoms with van der Waals surface area (Å²) in [5.41, 5.74) is 7.56. The summed E-state index contributed by atoms with van der Waals surface area (Å²) in [6.45, 7) is 0. The second kappa shape index (κ2) is 10.4. The van der Waals surface area contributed by atoms with Gasteiger partial charge in [0.15, 0.2) is 0 Å². The maximum Gasteiger partial charge on any atom is 0.0433 e. The minimum atomic E-state index is 1.23. The second-order valence-corrected chi connectivity index (χ2v) is 13.5. The van der Waals surface area contributed by atoms with Crippen molar-refractivity contribution >= 4 is 74.6 Å². The molecule has 0 amide bonds. The minimum Gasteiger partial charge on any atom is -0.135 e. The fourth-order valence-electron chi connectivity index (χ4n) is 7.61. The van der Waals surface area contributed by atoms with E-state index in [1.165, 1.54) is 96.6 Å². The van der Waals surface area contributed by atoms with Crippen LogP contribution in [-0.4, -0.2) is 0 Å². The molecular weight excluding hydrogens is 585 g/mol. The Labute approximate surface area is 276 Å². The van der Waals surface area contributed by atoms with Crippen LogP contribution in [0.5, 0.6) is 0 Å². The first kappa shape index (κ1) is 26.5. The Kier molecular flexibility index (Phi) is 5.85. The molecule has 10 aromatic rings. The lowest BCUT2D eigenvalue weighted by Gasteiger charge is -2.18. The van der Waals surface area contributed by atoms with Gasteiger partial charge in [0.2, 0.25) is 0 Å². The van der Waals surface area contributed by atoms with Crippen LogP contribution in [0.2, 0.25) is 0 Å². The van der Waals surface area contributed by atoms with Gasteiger partial charge in [0.1, 0.15) is 0 Å². The molecule has 1 heterocycles. The highest BCUT2D eigenvalue weighted by Gasteiger charge is 2.18. The monoisotopic (exact) mass is 612 g/mol. The van der Waals surface area contributed by atoms with Crippen LogP contribution in [0.15, 0.2) is 170 Å². The van der Waals surface area contributed by atoms with Crippen molar-refractivity contribution in [3.05, 3.63) is 170 Å². The maximum absolute atomic E-state index is 2.43. The molecule has 0 spiro atoms. The van der Waals surface area contributed by atoms with E-state index in [0.29, 0.717) is 0 Å². The smallest absolute Gasteiger partial charge is 0.0433 e. The molecule has 0 aliphatic carbocycles. The number of fused-ring (bicyclic) bond motifs is 8. The van der Waals surface area contributed by atoms with Gasteiger partial charge >= 0.3 is 0 Å². The van der Waals surface area contributed by atoms with Crippen LogP contribution < -0.4 is 0 Å². The Hall–Kier alpha value is -5.76. The predicted octanol–water partition coefficient (Wildman–Crippen LogP) is 13.7. The molecule has 0 radical (unpaired) electrons. The van der Waals surface area contributed by atoms with Gasteiger partial charge in [0.25, 0.3) is 0 Å². The normalized spacial score (nSPS) is 11.8. The van der Waals surface area contributed by atoms with Crippen LogP contribution in [0.1, 0.15) is 0 Å². The van der Waals surface area contributed by atoms with E-state index in [1.54, 1.807) is 0 Å². The first-order chi connectivity index (χ1) is 23.3. The van der Waals surface area contributed by atoms with Crippen molar-refractivity contribution in [1.82, 2.24) is 0 Å². The van der Waals surface area contributed by atoms with Gasteiger partial charge in [0.05, 0.1) is 0 Å². The SMILES string of the molecule is c1ccc2cc(-c3ccc(-c4c5ccccc5c(-c5ccc6sc7c8ccccc8ccc7c6c5)c5ccccc45)cc3)ccc2c1. The van der Waals surface area contributed by atoms with Gasteiger partial charge in [-0.2, -0.15) is 0 Å². The largest absolute Gasteiger partial charge is 0.135 e. The lowest BCUT2D eigenvalue weighted by molar-refractivity contribution is 1.63. The van der Waals surface area contributed by atoms with E-state index in [0.717, 1.165) is 0 Å². The maximum atomic E-state index is 2.43. The Balaban J connectivity index is 1.17. The molecule has 0 nitrogen and oxygen atoms in total. The molecule has 0 fully saturated rings. The molecule has 47 heavy (non-hydrogen) atoms. The first-order valence-electron chi connectivity index (χ1n) is 16.2. The number of thiophene rings is 1. The number of hydrogen-bond donors (Lipinski definition) is 0. The summed E-state index contributed by atoms with van der Waals surface area (Å²) in [7, 11) is 0. The summed E-state index contributed by atoms with van der Waals surface area (Å²) in [6.07, 6.45) is 0. The number of benzene rings is 9. The molecule has 0 aliphatic heterocycles. The lowest BCUT2D eigenvalue weighted by Crippen LogP contribution is -1.91. The Morgan fingerprint density at radius 3 is 1.49 bits per heavy atom. The van der Waals surface area contributed by atoms with E-state index in [9.17, 15) is 0 Å². The quantitative estimate of drug-likeness (QED) is 0.174. The highest BCUT2D eigenvalue weighted by molar-refractivity contribution is 7.26. The van der Waals surface area contributed by atoms with E-state index < -0.39 is 0 Å². The zero-order valence-electron chi connectivity index (χ0n) is 25.6. The summed E-state index contributed by atoms with van der Waals surface area (Å²) in [4.78, 5) is 0. The van der Waals surface area contributed by atoms with Crippen LogP contribution in [0.3, 0.4) is 0 Å². The zero-order valence-corrected chi connectivity index (χ0v) is 26.4. The molecule has 10 rings (SSSR count). The average Bonchev–Trinajstić information content (AvgIpc) is 3.52. The van der Waals surface area contributed by atoms with E-state index in [-0.39, 0.29) is 0 Å². The second-order valence-electron chi connectivity index (χ2n) is 12.5. The van der Waals surface area contributed by atoms with Crippen LogP contribution in [0.25, 0.3) is 96.6 Å². The van der Waals surface area contributed by atoms with Gasteiger partial charge < -0.3 is 0 Å². The molecule has 1 aromatic heterocycles. The molecular formula is C46H28S. The summed E-state index contributed by atoms with van der Waals surface area (Å²) >= 11 is 1.90. The van der Waals surface area contributed by atoms with Crippen molar-refractivity contribution in [2.75, 3.05) is 0 Å². The van der Waals surface area contributed by atoms with E-state index in [4.69, 9.17) is 0 Å².